The van der Waals surface area contributed by atoms with E-state index in [0.717, 1.165) is 22.5 Å². The van der Waals surface area contributed by atoms with Crippen LogP contribution in [0.25, 0.3) is 5.69 Å². The van der Waals surface area contributed by atoms with E-state index in [1.54, 1.807) is 27.1 Å². The maximum atomic E-state index is 13.4. The molecular formula is C28H33N5O4. The van der Waals surface area contributed by atoms with Crippen LogP contribution in [0.5, 0.6) is 0 Å². The van der Waals surface area contributed by atoms with Gasteiger partial charge in [-0.25, -0.2) is 9.78 Å². The Morgan fingerprint density at radius 1 is 1.16 bits per heavy atom. The zero-order valence-corrected chi connectivity index (χ0v) is 21.6. The van der Waals surface area contributed by atoms with Gasteiger partial charge >= 0.3 is 6.09 Å². The molecule has 9 heteroatoms. The first kappa shape index (κ1) is 25.9. The lowest BCUT2D eigenvalue weighted by atomic mass is 10.0. The Morgan fingerprint density at radius 2 is 1.89 bits per heavy atom. The van der Waals surface area contributed by atoms with E-state index in [0.29, 0.717) is 18.5 Å². The van der Waals surface area contributed by atoms with Crippen molar-refractivity contribution in [3.63, 3.8) is 0 Å². The summed E-state index contributed by atoms with van der Waals surface area (Å²) >= 11 is 0. The highest BCUT2D eigenvalue weighted by atomic mass is 16.6. The number of ether oxygens (including phenoxy) is 1. The Bertz CT molecular complexity index is 1290. The van der Waals surface area contributed by atoms with Crippen LogP contribution in [0.15, 0.2) is 61.1 Å². The minimum Gasteiger partial charge on any atom is -0.444 e. The number of aromatic nitrogens is 2. The van der Waals surface area contributed by atoms with Crippen LogP contribution in [0.3, 0.4) is 0 Å². The van der Waals surface area contributed by atoms with Crippen molar-refractivity contribution in [1.29, 1.82) is 0 Å². The number of rotatable bonds is 6. The van der Waals surface area contributed by atoms with Gasteiger partial charge < -0.3 is 25.3 Å². The molecule has 0 fully saturated rings. The molecule has 3 amide bonds. The average Bonchev–Trinajstić information content (AvgIpc) is 3.22. The number of alkyl carbamates (subject to hydrolysis) is 1. The largest absolute Gasteiger partial charge is 0.444 e. The molecule has 1 aliphatic rings. The number of nitrogens with zero attached hydrogens (tertiary/aromatic N) is 2. The van der Waals surface area contributed by atoms with Gasteiger partial charge in [0.2, 0.25) is 11.8 Å². The maximum Gasteiger partial charge on any atom is 0.408 e. The van der Waals surface area contributed by atoms with Gasteiger partial charge in [-0.3, -0.25) is 9.59 Å². The molecule has 0 unspecified atom stereocenters. The Hall–Kier alpha value is -4.14. The normalized spacial score (nSPS) is 16.1. The molecule has 3 aromatic rings. The quantitative estimate of drug-likeness (QED) is 0.475. The first-order valence-corrected chi connectivity index (χ1v) is 12.4. The Kier molecular flexibility index (Phi) is 7.61. The zero-order chi connectivity index (χ0) is 26.6. The summed E-state index contributed by atoms with van der Waals surface area (Å²) < 4.78 is 7.26. The van der Waals surface area contributed by atoms with Gasteiger partial charge in [-0.15, -0.1) is 0 Å². The number of fused-ring (bicyclic) bond motifs is 1. The van der Waals surface area contributed by atoms with Crippen molar-refractivity contribution < 1.29 is 19.1 Å². The van der Waals surface area contributed by atoms with Gasteiger partial charge in [-0.1, -0.05) is 36.4 Å². The summed E-state index contributed by atoms with van der Waals surface area (Å²) in [5.74, 6) is -0.777. The molecule has 194 valence electrons. The number of imidazole rings is 1. The third kappa shape index (κ3) is 6.75. The molecule has 1 aliphatic heterocycles. The number of hydrogen-bond acceptors (Lipinski definition) is 5. The summed E-state index contributed by atoms with van der Waals surface area (Å²) in [6.07, 6.45) is 3.98. The first-order chi connectivity index (χ1) is 17.6. The Morgan fingerprint density at radius 3 is 2.65 bits per heavy atom. The minimum atomic E-state index is -0.992. The molecule has 3 N–H and O–H groups in total. The third-order valence-corrected chi connectivity index (χ3v) is 6.06. The van der Waals surface area contributed by atoms with Gasteiger partial charge in [0, 0.05) is 24.0 Å². The molecule has 0 bridgehead atoms. The third-order valence-electron chi connectivity index (χ3n) is 6.06. The highest BCUT2D eigenvalue weighted by Gasteiger charge is 2.30. The predicted octanol–water partition coefficient (Wildman–Crippen LogP) is 3.69. The number of carbonyl (C=O) groups excluding carboxylic acids is 3. The van der Waals surface area contributed by atoms with Crippen LogP contribution in [-0.4, -0.2) is 45.1 Å². The summed E-state index contributed by atoms with van der Waals surface area (Å²) in [7, 11) is 0. The molecule has 0 saturated heterocycles. The number of amides is 3. The van der Waals surface area contributed by atoms with E-state index in [-0.39, 0.29) is 12.3 Å². The van der Waals surface area contributed by atoms with Crippen molar-refractivity contribution in [3.8, 4) is 5.69 Å². The van der Waals surface area contributed by atoms with Gasteiger partial charge in [-0.05, 0) is 63.8 Å². The topological polar surface area (TPSA) is 114 Å². The van der Waals surface area contributed by atoms with Crippen molar-refractivity contribution in [2.75, 3.05) is 5.32 Å². The van der Waals surface area contributed by atoms with Crippen molar-refractivity contribution >= 4 is 23.6 Å². The number of nitrogens with one attached hydrogen (secondary N) is 3. The Labute approximate surface area is 216 Å². The maximum absolute atomic E-state index is 13.4. The first-order valence-electron chi connectivity index (χ1n) is 12.4. The van der Waals surface area contributed by atoms with E-state index in [4.69, 9.17) is 4.74 Å². The molecule has 0 spiro atoms. The second-order valence-corrected chi connectivity index (χ2v) is 10.2. The highest BCUT2D eigenvalue weighted by molar-refractivity contribution is 5.99. The van der Waals surface area contributed by atoms with Crippen molar-refractivity contribution in [1.82, 2.24) is 20.2 Å². The number of para-hydroxylation sites is 2. The lowest BCUT2D eigenvalue weighted by Crippen LogP contribution is -2.53. The van der Waals surface area contributed by atoms with Gasteiger partial charge in [0.25, 0.3) is 0 Å². The van der Waals surface area contributed by atoms with Crippen LogP contribution in [-0.2, 0) is 27.2 Å². The fraction of sp³-hybridized carbons (Fsp3) is 0.357. The summed E-state index contributed by atoms with van der Waals surface area (Å²) in [6.45, 7) is 7.25. The number of hydrogen-bond donors (Lipinski definition) is 3. The molecule has 2 heterocycles. The minimum absolute atomic E-state index is 0.124. The second-order valence-electron chi connectivity index (χ2n) is 10.2. The van der Waals surface area contributed by atoms with E-state index in [9.17, 15) is 14.4 Å². The summed E-state index contributed by atoms with van der Waals surface area (Å²) in [4.78, 5) is 43.3. The van der Waals surface area contributed by atoms with E-state index in [1.807, 2.05) is 66.2 Å². The van der Waals surface area contributed by atoms with Crippen molar-refractivity contribution in [3.05, 3.63) is 77.9 Å². The number of anilines is 1. The van der Waals surface area contributed by atoms with Crippen LogP contribution >= 0.6 is 0 Å². The van der Waals surface area contributed by atoms with Crippen molar-refractivity contribution in [2.45, 2.75) is 64.6 Å². The molecule has 0 saturated carbocycles. The monoisotopic (exact) mass is 503 g/mol. The molecule has 0 radical (unpaired) electrons. The molecule has 37 heavy (non-hydrogen) atoms. The smallest absolute Gasteiger partial charge is 0.408 e. The van der Waals surface area contributed by atoms with E-state index in [1.165, 1.54) is 0 Å². The second kappa shape index (κ2) is 10.9. The molecule has 0 aliphatic carbocycles. The fourth-order valence-corrected chi connectivity index (χ4v) is 4.24. The molecular weight excluding hydrogens is 470 g/mol. The lowest BCUT2D eigenvalue weighted by molar-refractivity contribution is -0.128. The van der Waals surface area contributed by atoms with Gasteiger partial charge in [0.15, 0.2) is 0 Å². The standard InChI is InChI=1S/C28H33N5O4/c1-18-9-5-8-12-24(18)33-16-20(29-17-33)15-23(32-27(36)37-28(2,3)4)26(35)31-22-14-13-19-10-6-7-11-21(19)30-25(22)34/h5-12,16-17,22-23H,13-15H2,1-4H3,(H,30,34)(H,31,35)(H,32,36)/t22-,23-/m1/s1. The highest BCUT2D eigenvalue weighted by Crippen LogP contribution is 2.22. The van der Waals surface area contributed by atoms with E-state index in [2.05, 4.69) is 20.9 Å². The number of benzene rings is 2. The van der Waals surface area contributed by atoms with Crippen LogP contribution in [0, 0.1) is 6.92 Å². The van der Waals surface area contributed by atoms with Crippen LogP contribution < -0.4 is 16.0 Å². The SMILES string of the molecule is Cc1ccccc1-n1cnc(C[C@@H](NC(=O)OC(C)(C)C)C(=O)N[C@@H]2CCc3ccccc3NC2=O)c1. The Balaban J connectivity index is 1.50. The molecule has 9 nitrogen and oxygen atoms in total. The van der Waals surface area contributed by atoms with Crippen LogP contribution in [0.4, 0.5) is 10.5 Å². The van der Waals surface area contributed by atoms with Gasteiger partial charge in [0.1, 0.15) is 17.7 Å². The van der Waals surface area contributed by atoms with Crippen LogP contribution in [0.2, 0.25) is 0 Å². The van der Waals surface area contributed by atoms with E-state index < -0.39 is 29.7 Å². The van der Waals surface area contributed by atoms with E-state index >= 15 is 0 Å². The predicted molar refractivity (Wildman–Crippen MR) is 140 cm³/mol. The van der Waals surface area contributed by atoms with Crippen LogP contribution in [0.1, 0.15) is 44.0 Å². The lowest BCUT2D eigenvalue weighted by Gasteiger charge is -2.24. The van der Waals surface area contributed by atoms with Crippen molar-refractivity contribution in [2.24, 2.45) is 0 Å². The zero-order valence-electron chi connectivity index (χ0n) is 21.6. The fourth-order valence-electron chi connectivity index (χ4n) is 4.24. The molecule has 1 aromatic heterocycles. The van der Waals surface area contributed by atoms with Gasteiger partial charge in [0.05, 0.1) is 12.0 Å². The van der Waals surface area contributed by atoms with Gasteiger partial charge in [-0.2, -0.15) is 0 Å². The molecule has 2 atom stereocenters. The number of aryl methyl sites for hydroxylation is 2. The summed E-state index contributed by atoms with van der Waals surface area (Å²) in [5, 5.41) is 8.37. The molecule has 2 aromatic carbocycles. The molecule has 4 rings (SSSR count). The average molecular weight is 504 g/mol. The number of carbonyl (C=O) groups is 3. The summed E-state index contributed by atoms with van der Waals surface area (Å²) in [5.41, 5.74) is 3.68. The summed E-state index contributed by atoms with van der Waals surface area (Å²) in [6, 6.07) is 13.7.